The summed E-state index contributed by atoms with van der Waals surface area (Å²) in [6.45, 7) is 2.09. The van der Waals surface area contributed by atoms with Crippen LogP contribution >= 0.6 is 15.9 Å². The van der Waals surface area contributed by atoms with Crippen molar-refractivity contribution in [3.63, 3.8) is 0 Å². The lowest BCUT2D eigenvalue weighted by molar-refractivity contribution is 0.861. The van der Waals surface area contributed by atoms with Gasteiger partial charge in [0.05, 0.1) is 6.04 Å². The monoisotopic (exact) mass is 304 g/mol. The zero-order valence-corrected chi connectivity index (χ0v) is 12.2. The van der Waals surface area contributed by atoms with Crippen LogP contribution in [-0.4, -0.2) is 7.05 Å². The van der Waals surface area contributed by atoms with Crippen molar-refractivity contribution in [1.82, 2.24) is 0 Å². The van der Waals surface area contributed by atoms with E-state index in [1.807, 2.05) is 25.2 Å². The highest BCUT2D eigenvalue weighted by Crippen LogP contribution is 2.27. The molecule has 2 rings (SSSR count). The number of nitrogens with two attached hydrogens (primary N) is 1. The molecule has 18 heavy (non-hydrogen) atoms. The molecule has 0 aliphatic rings. The average molecular weight is 305 g/mol. The van der Waals surface area contributed by atoms with Crippen LogP contribution in [0.4, 0.5) is 5.69 Å². The highest BCUT2D eigenvalue weighted by molar-refractivity contribution is 9.10. The molecular weight excluding hydrogens is 288 g/mol. The minimum Gasteiger partial charge on any atom is -0.388 e. The lowest BCUT2D eigenvalue weighted by Gasteiger charge is -2.16. The van der Waals surface area contributed by atoms with Gasteiger partial charge in [-0.1, -0.05) is 34.1 Å². The molecule has 1 atom stereocenters. The van der Waals surface area contributed by atoms with Gasteiger partial charge in [-0.15, -0.1) is 0 Å². The van der Waals surface area contributed by atoms with Crippen LogP contribution in [0.1, 0.15) is 22.7 Å². The number of halogens is 1. The van der Waals surface area contributed by atoms with Crippen molar-refractivity contribution in [1.29, 1.82) is 0 Å². The van der Waals surface area contributed by atoms with Gasteiger partial charge in [0.2, 0.25) is 0 Å². The van der Waals surface area contributed by atoms with E-state index in [1.54, 1.807) is 0 Å². The van der Waals surface area contributed by atoms with Crippen molar-refractivity contribution in [2.24, 2.45) is 5.73 Å². The van der Waals surface area contributed by atoms with E-state index in [9.17, 15) is 0 Å². The highest BCUT2D eigenvalue weighted by Gasteiger charge is 2.12. The summed E-state index contributed by atoms with van der Waals surface area (Å²) in [5, 5.41) is 3.13. The first kappa shape index (κ1) is 13.1. The van der Waals surface area contributed by atoms with Gasteiger partial charge in [0, 0.05) is 17.2 Å². The second-order valence-corrected chi connectivity index (χ2v) is 5.27. The van der Waals surface area contributed by atoms with Crippen LogP contribution in [0.5, 0.6) is 0 Å². The largest absolute Gasteiger partial charge is 0.388 e. The Hall–Kier alpha value is -1.32. The van der Waals surface area contributed by atoms with Crippen LogP contribution in [-0.2, 0) is 0 Å². The third-order valence-electron chi connectivity index (χ3n) is 3.11. The molecule has 2 nitrogen and oxygen atoms in total. The Morgan fingerprint density at radius 3 is 2.67 bits per heavy atom. The van der Waals surface area contributed by atoms with Crippen LogP contribution in [0.15, 0.2) is 46.9 Å². The molecule has 0 aliphatic heterocycles. The fourth-order valence-electron chi connectivity index (χ4n) is 2.01. The Morgan fingerprint density at radius 2 is 1.94 bits per heavy atom. The third kappa shape index (κ3) is 2.74. The van der Waals surface area contributed by atoms with Crippen LogP contribution in [0.2, 0.25) is 0 Å². The minimum atomic E-state index is -0.101. The Labute approximate surface area is 116 Å². The van der Waals surface area contributed by atoms with Crippen LogP contribution in [0.3, 0.4) is 0 Å². The van der Waals surface area contributed by atoms with E-state index < -0.39 is 0 Å². The van der Waals surface area contributed by atoms with Crippen molar-refractivity contribution < 1.29 is 0 Å². The van der Waals surface area contributed by atoms with Gasteiger partial charge in [0.1, 0.15) is 0 Å². The summed E-state index contributed by atoms with van der Waals surface area (Å²) in [5.41, 5.74) is 10.9. The lowest BCUT2D eigenvalue weighted by Crippen LogP contribution is -2.13. The molecule has 0 aromatic heterocycles. The standard InChI is InChI=1S/C15H17BrN2/c1-10-6-7-12(16)9-14(10)15(17)11-4-3-5-13(8-11)18-2/h3-9,15,18H,17H2,1-2H3. The average Bonchev–Trinajstić information content (AvgIpc) is 2.41. The molecule has 2 aromatic carbocycles. The quantitative estimate of drug-likeness (QED) is 0.904. The van der Waals surface area contributed by atoms with Gasteiger partial charge in [-0.3, -0.25) is 0 Å². The summed E-state index contributed by atoms with van der Waals surface area (Å²) < 4.78 is 1.06. The number of anilines is 1. The maximum absolute atomic E-state index is 6.36. The summed E-state index contributed by atoms with van der Waals surface area (Å²) in [5.74, 6) is 0. The van der Waals surface area contributed by atoms with Crippen molar-refractivity contribution >= 4 is 21.6 Å². The van der Waals surface area contributed by atoms with Gasteiger partial charge < -0.3 is 11.1 Å². The van der Waals surface area contributed by atoms with Crippen LogP contribution in [0.25, 0.3) is 0 Å². The van der Waals surface area contributed by atoms with Gasteiger partial charge in [0.15, 0.2) is 0 Å². The normalized spacial score (nSPS) is 12.2. The lowest BCUT2D eigenvalue weighted by atomic mass is 9.95. The Kier molecular flexibility index (Phi) is 4.04. The van der Waals surface area contributed by atoms with Crippen molar-refractivity contribution in [2.75, 3.05) is 12.4 Å². The van der Waals surface area contributed by atoms with Gasteiger partial charge in [-0.05, 0) is 47.9 Å². The molecule has 3 heteroatoms. The van der Waals surface area contributed by atoms with Gasteiger partial charge in [-0.25, -0.2) is 0 Å². The fraction of sp³-hybridized carbons (Fsp3) is 0.200. The first-order chi connectivity index (χ1) is 8.61. The number of hydrogen-bond donors (Lipinski definition) is 2. The zero-order valence-electron chi connectivity index (χ0n) is 10.6. The van der Waals surface area contributed by atoms with E-state index in [2.05, 4.69) is 52.4 Å². The summed E-state index contributed by atoms with van der Waals surface area (Å²) >= 11 is 3.50. The third-order valence-corrected chi connectivity index (χ3v) is 3.60. The molecule has 0 amide bonds. The number of aryl methyl sites for hydroxylation is 1. The van der Waals surface area contributed by atoms with E-state index in [0.717, 1.165) is 21.3 Å². The highest BCUT2D eigenvalue weighted by atomic mass is 79.9. The molecule has 0 fully saturated rings. The molecule has 0 heterocycles. The summed E-state index contributed by atoms with van der Waals surface area (Å²) in [7, 11) is 1.91. The fourth-order valence-corrected chi connectivity index (χ4v) is 2.39. The van der Waals surface area contributed by atoms with Crippen molar-refractivity contribution in [2.45, 2.75) is 13.0 Å². The zero-order chi connectivity index (χ0) is 13.1. The van der Waals surface area contributed by atoms with Crippen LogP contribution in [0, 0.1) is 6.92 Å². The Morgan fingerprint density at radius 1 is 1.17 bits per heavy atom. The molecule has 0 bridgehead atoms. The molecule has 0 saturated carbocycles. The maximum atomic E-state index is 6.36. The summed E-state index contributed by atoms with van der Waals surface area (Å²) in [6.07, 6.45) is 0. The summed E-state index contributed by atoms with van der Waals surface area (Å²) in [6, 6.07) is 14.3. The maximum Gasteiger partial charge on any atom is 0.0555 e. The number of rotatable bonds is 3. The first-order valence-electron chi connectivity index (χ1n) is 5.91. The van der Waals surface area contributed by atoms with Gasteiger partial charge in [-0.2, -0.15) is 0 Å². The van der Waals surface area contributed by atoms with Crippen LogP contribution < -0.4 is 11.1 Å². The number of hydrogen-bond acceptors (Lipinski definition) is 2. The number of benzene rings is 2. The number of nitrogens with one attached hydrogen (secondary N) is 1. The second-order valence-electron chi connectivity index (χ2n) is 4.35. The van der Waals surface area contributed by atoms with Gasteiger partial charge >= 0.3 is 0 Å². The SMILES string of the molecule is CNc1cccc(C(N)c2cc(Br)ccc2C)c1. The molecule has 3 N–H and O–H groups in total. The van der Waals surface area contributed by atoms with E-state index in [-0.39, 0.29) is 6.04 Å². The Balaban J connectivity index is 2.40. The van der Waals surface area contributed by atoms with Crippen molar-refractivity contribution in [3.05, 3.63) is 63.6 Å². The second kappa shape index (κ2) is 5.55. The molecule has 94 valence electrons. The van der Waals surface area contributed by atoms with E-state index in [1.165, 1.54) is 5.56 Å². The molecule has 2 aromatic rings. The molecule has 0 spiro atoms. The smallest absolute Gasteiger partial charge is 0.0555 e. The van der Waals surface area contributed by atoms with E-state index in [0.29, 0.717) is 0 Å². The molecule has 0 aliphatic carbocycles. The van der Waals surface area contributed by atoms with E-state index >= 15 is 0 Å². The molecule has 0 saturated heterocycles. The van der Waals surface area contributed by atoms with E-state index in [4.69, 9.17) is 5.73 Å². The molecule has 1 unspecified atom stereocenters. The minimum absolute atomic E-state index is 0.101. The topological polar surface area (TPSA) is 38.0 Å². The van der Waals surface area contributed by atoms with Crippen molar-refractivity contribution in [3.8, 4) is 0 Å². The predicted octanol–water partition coefficient (Wildman–Crippen LogP) is 3.85. The Bertz CT molecular complexity index is 552. The predicted molar refractivity (Wildman–Crippen MR) is 80.9 cm³/mol. The summed E-state index contributed by atoms with van der Waals surface area (Å²) in [4.78, 5) is 0. The molecule has 0 radical (unpaired) electrons. The van der Waals surface area contributed by atoms with Gasteiger partial charge in [0.25, 0.3) is 0 Å². The molecular formula is C15H17BrN2. The first-order valence-corrected chi connectivity index (χ1v) is 6.70.